The first-order valence-corrected chi connectivity index (χ1v) is 11.6. The molecule has 35 heavy (non-hydrogen) atoms. The summed E-state index contributed by atoms with van der Waals surface area (Å²) < 4.78 is 57.9. The van der Waals surface area contributed by atoms with Crippen LogP contribution < -0.4 is 15.4 Å². The maximum absolute atomic E-state index is 12.0. The Morgan fingerprint density at radius 1 is 0.943 bits per heavy atom. The molecule has 0 radical (unpaired) electrons. The van der Waals surface area contributed by atoms with Crippen molar-refractivity contribution in [3.63, 3.8) is 0 Å². The Morgan fingerprint density at radius 3 is 1.97 bits per heavy atom. The number of aromatic nitrogens is 2. The lowest BCUT2D eigenvalue weighted by Crippen LogP contribution is -2.21. The minimum atomic E-state index is -5.08. The quantitative estimate of drug-likeness (QED) is 0.361. The van der Waals surface area contributed by atoms with Gasteiger partial charge in [-0.15, -0.1) is 0 Å². The second-order valence-electron chi connectivity index (χ2n) is 7.35. The molecule has 9 nitrogen and oxygen atoms in total. The average Bonchev–Trinajstić information content (AvgIpc) is 2.79. The van der Waals surface area contributed by atoms with Crippen LogP contribution in [0.3, 0.4) is 0 Å². The van der Waals surface area contributed by atoms with Crippen molar-refractivity contribution in [3.8, 4) is 0 Å². The van der Waals surface area contributed by atoms with E-state index in [1.54, 1.807) is 24.3 Å². The lowest BCUT2D eigenvalue weighted by Gasteiger charge is -2.11. The molecule has 0 atom stereocenters. The molecule has 0 aliphatic rings. The number of alkyl halides is 3. The van der Waals surface area contributed by atoms with Gasteiger partial charge < -0.3 is 15.7 Å². The molecule has 1 aromatic heterocycles. The normalized spacial score (nSPS) is 11.4. The fraction of sp³-hybridized carbons (Fsp3) is 0.227. The van der Waals surface area contributed by atoms with Gasteiger partial charge in [0.15, 0.2) is 0 Å². The summed E-state index contributed by atoms with van der Waals surface area (Å²) in [7, 11) is -2.13. The molecule has 0 saturated carbocycles. The first-order chi connectivity index (χ1) is 16.3. The van der Waals surface area contributed by atoms with E-state index in [0.717, 1.165) is 5.69 Å². The molecule has 3 rings (SSSR count). The van der Waals surface area contributed by atoms with Crippen molar-refractivity contribution in [2.45, 2.75) is 30.8 Å². The maximum atomic E-state index is 12.0. The first-order valence-electron chi connectivity index (χ1n) is 10.1. The number of hydrogen-bond acceptors (Lipinski definition) is 7. The molecule has 1 heterocycles. The van der Waals surface area contributed by atoms with Gasteiger partial charge in [-0.25, -0.2) is 27.9 Å². The molecule has 0 amide bonds. The topological polar surface area (TPSA) is 133 Å². The summed E-state index contributed by atoms with van der Waals surface area (Å²) >= 11 is 0. The zero-order chi connectivity index (χ0) is 26.2. The van der Waals surface area contributed by atoms with Crippen molar-refractivity contribution in [1.82, 2.24) is 14.7 Å². The Bertz CT molecular complexity index is 1250. The van der Waals surface area contributed by atoms with Crippen molar-refractivity contribution in [3.05, 3.63) is 66.5 Å². The maximum Gasteiger partial charge on any atom is 0.490 e. The van der Waals surface area contributed by atoms with Gasteiger partial charge in [0.2, 0.25) is 10.0 Å². The van der Waals surface area contributed by atoms with E-state index in [0.29, 0.717) is 23.2 Å². The largest absolute Gasteiger partial charge is 0.490 e. The summed E-state index contributed by atoms with van der Waals surface area (Å²) in [6.07, 6.45) is -3.64. The van der Waals surface area contributed by atoms with Crippen LogP contribution in [0.25, 0.3) is 0 Å². The fourth-order valence-electron chi connectivity index (χ4n) is 2.60. The monoisotopic (exact) mass is 511 g/mol. The van der Waals surface area contributed by atoms with Gasteiger partial charge in [0.05, 0.1) is 4.90 Å². The third kappa shape index (κ3) is 8.54. The number of benzene rings is 2. The summed E-state index contributed by atoms with van der Waals surface area (Å²) in [5.41, 5.74) is 2.81. The van der Waals surface area contributed by atoms with Crippen molar-refractivity contribution < 1.29 is 31.5 Å². The average molecular weight is 512 g/mol. The van der Waals surface area contributed by atoms with E-state index in [4.69, 9.17) is 9.90 Å². The molecule has 0 aliphatic heterocycles. The van der Waals surface area contributed by atoms with Gasteiger partial charge in [-0.05, 0) is 48.9 Å². The number of nitrogens with zero attached hydrogens (tertiary/aromatic N) is 2. The standard InChI is InChI=1S/C20H23N5O2S.C2HF3O2/c1-14(2)15-7-9-16(10-8-15)24-19-12-20(23-13-22-19)25-17-5-4-6-18(11-17)28(26,27)21-3;3-2(4,5)1(6)7/h4-14,21H,1-3H3,(H2,22,23,24,25);(H,6,7). The van der Waals surface area contributed by atoms with E-state index in [-0.39, 0.29) is 4.90 Å². The molecule has 188 valence electrons. The Morgan fingerprint density at radius 2 is 1.49 bits per heavy atom. The van der Waals surface area contributed by atoms with Crippen LogP contribution in [0.1, 0.15) is 25.3 Å². The van der Waals surface area contributed by atoms with Crippen LogP contribution >= 0.6 is 0 Å². The van der Waals surface area contributed by atoms with Gasteiger partial charge in [-0.3, -0.25) is 0 Å². The summed E-state index contributed by atoms with van der Waals surface area (Å²) in [5, 5.41) is 13.5. The smallest absolute Gasteiger partial charge is 0.475 e. The van der Waals surface area contributed by atoms with E-state index >= 15 is 0 Å². The van der Waals surface area contributed by atoms with Crippen LogP contribution in [-0.4, -0.2) is 42.7 Å². The van der Waals surface area contributed by atoms with Crippen molar-refractivity contribution in [2.75, 3.05) is 17.7 Å². The second-order valence-corrected chi connectivity index (χ2v) is 9.24. The molecule has 0 spiro atoms. The molecule has 13 heteroatoms. The van der Waals surface area contributed by atoms with Gasteiger partial charge in [-0.1, -0.05) is 32.0 Å². The minimum absolute atomic E-state index is 0.178. The van der Waals surface area contributed by atoms with Gasteiger partial charge in [0.25, 0.3) is 0 Å². The molecule has 2 aromatic carbocycles. The highest BCUT2D eigenvalue weighted by Gasteiger charge is 2.38. The number of carboxylic acids is 1. The highest BCUT2D eigenvalue weighted by atomic mass is 32.2. The Hall–Kier alpha value is -3.71. The van der Waals surface area contributed by atoms with Gasteiger partial charge >= 0.3 is 12.1 Å². The van der Waals surface area contributed by atoms with Crippen LogP contribution in [0.15, 0.2) is 65.8 Å². The van der Waals surface area contributed by atoms with E-state index < -0.39 is 22.2 Å². The predicted molar refractivity (Wildman–Crippen MR) is 126 cm³/mol. The summed E-state index contributed by atoms with van der Waals surface area (Å²) in [6, 6.07) is 16.5. The highest BCUT2D eigenvalue weighted by molar-refractivity contribution is 7.89. The zero-order valence-electron chi connectivity index (χ0n) is 19.0. The second kappa shape index (κ2) is 11.6. The van der Waals surface area contributed by atoms with Crippen LogP contribution in [0.2, 0.25) is 0 Å². The summed E-state index contributed by atoms with van der Waals surface area (Å²) in [5.74, 6) is -1.09. The number of aliphatic carboxylic acids is 1. The minimum Gasteiger partial charge on any atom is -0.475 e. The molecule has 3 aromatic rings. The molecule has 0 saturated heterocycles. The summed E-state index contributed by atoms with van der Waals surface area (Å²) in [4.78, 5) is 17.5. The predicted octanol–water partition coefficient (Wildman–Crippen LogP) is 4.63. The summed E-state index contributed by atoms with van der Waals surface area (Å²) in [6.45, 7) is 4.31. The van der Waals surface area contributed by atoms with E-state index in [9.17, 15) is 21.6 Å². The van der Waals surface area contributed by atoms with Gasteiger partial charge in [-0.2, -0.15) is 13.2 Å². The van der Waals surface area contributed by atoms with E-state index in [1.165, 1.54) is 25.0 Å². The van der Waals surface area contributed by atoms with E-state index in [2.05, 4.69) is 51.3 Å². The number of sulfonamides is 1. The third-order valence-electron chi connectivity index (χ3n) is 4.44. The van der Waals surface area contributed by atoms with Crippen LogP contribution in [-0.2, 0) is 14.8 Å². The number of hydrogen-bond donors (Lipinski definition) is 4. The lowest BCUT2D eigenvalue weighted by molar-refractivity contribution is -0.192. The van der Waals surface area contributed by atoms with E-state index in [1.807, 2.05) is 12.1 Å². The van der Waals surface area contributed by atoms with Crippen molar-refractivity contribution in [2.24, 2.45) is 0 Å². The molecule has 0 unspecified atom stereocenters. The molecule has 0 aliphatic carbocycles. The number of anilines is 4. The fourth-order valence-corrected chi connectivity index (χ4v) is 3.38. The number of carbonyl (C=O) groups is 1. The molecular weight excluding hydrogens is 487 g/mol. The van der Waals surface area contributed by atoms with Crippen molar-refractivity contribution in [1.29, 1.82) is 0 Å². The zero-order valence-corrected chi connectivity index (χ0v) is 19.8. The number of halogens is 3. The molecule has 0 bridgehead atoms. The van der Waals surface area contributed by atoms with Gasteiger partial charge in [0.1, 0.15) is 18.0 Å². The van der Waals surface area contributed by atoms with Crippen molar-refractivity contribution >= 4 is 39.0 Å². The van der Waals surface area contributed by atoms with Crippen LogP contribution in [0.5, 0.6) is 0 Å². The Balaban J connectivity index is 0.000000540. The molecule has 0 fully saturated rings. The van der Waals surface area contributed by atoms with Gasteiger partial charge in [0, 0.05) is 17.4 Å². The SMILES string of the molecule is CNS(=O)(=O)c1cccc(Nc2cc(Nc3ccc(C(C)C)cc3)ncn2)c1.O=C(O)C(F)(F)F. The highest BCUT2D eigenvalue weighted by Crippen LogP contribution is 2.23. The van der Waals surface area contributed by atoms with Crippen LogP contribution in [0.4, 0.5) is 36.2 Å². The lowest BCUT2D eigenvalue weighted by atomic mass is 10.0. The molecular formula is C22H24F3N5O4S. The molecule has 4 N–H and O–H groups in total. The Labute approximate surface area is 200 Å². The third-order valence-corrected chi connectivity index (χ3v) is 5.86. The first kappa shape index (κ1) is 27.5. The number of carboxylic acid groups (broad SMARTS) is 1. The number of nitrogens with one attached hydrogen (secondary N) is 3. The number of rotatable bonds is 7. The Kier molecular flexibility index (Phi) is 9.14. The van der Waals surface area contributed by atoms with Crippen LogP contribution in [0, 0.1) is 0 Å².